The van der Waals surface area contributed by atoms with Crippen molar-refractivity contribution in [3.63, 3.8) is 0 Å². The van der Waals surface area contributed by atoms with Gasteiger partial charge >= 0.3 is 5.97 Å². The number of ketones is 1. The van der Waals surface area contributed by atoms with Gasteiger partial charge in [0.25, 0.3) is 0 Å². The molecule has 3 heteroatoms. The van der Waals surface area contributed by atoms with Crippen molar-refractivity contribution < 1.29 is 14.3 Å². The normalized spacial score (nSPS) is 30.2. The zero-order valence-corrected chi connectivity index (χ0v) is 13.0. The van der Waals surface area contributed by atoms with Crippen molar-refractivity contribution in [2.24, 2.45) is 17.3 Å². The largest absolute Gasteiger partial charge is 0.462 e. The zero-order valence-electron chi connectivity index (χ0n) is 13.0. The molecule has 110 valence electrons. The number of Topliss-reactive ketones (excluding diaryl/α,β-unsaturated/α-hetero) is 1. The summed E-state index contributed by atoms with van der Waals surface area (Å²) in [5.74, 6) is 0.482. The molecule has 0 saturated heterocycles. The van der Waals surface area contributed by atoms with Crippen molar-refractivity contribution in [1.82, 2.24) is 0 Å². The number of carbonyl (C=O) groups excluding carboxylic acids is 2. The van der Waals surface area contributed by atoms with E-state index in [1.807, 2.05) is 6.92 Å². The summed E-state index contributed by atoms with van der Waals surface area (Å²) in [6.45, 7) is 9.89. The van der Waals surface area contributed by atoms with Crippen LogP contribution in [0.15, 0.2) is 0 Å². The molecule has 0 aliphatic heterocycles. The molecule has 1 fully saturated rings. The average Bonchev–Trinajstić information content (AvgIpc) is 2.65. The van der Waals surface area contributed by atoms with Gasteiger partial charge in [-0.05, 0) is 30.6 Å². The van der Waals surface area contributed by atoms with Gasteiger partial charge in [0.05, 0.1) is 0 Å². The van der Waals surface area contributed by atoms with Crippen LogP contribution < -0.4 is 0 Å². The molecule has 0 N–H and O–H groups in total. The van der Waals surface area contributed by atoms with E-state index < -0.39 is 0 Å². The Morgan fingerprint density at radius 1 is 1.47 bits per heavy atom. The van der Waals surface area contributed by atoms with Crippen molar-refractivity contribution in [3.8, 4) is 0 Å². The van der Waals surface area contributed by atoms with Crippen LogP contribution in [0.4, 0.5) is 0 Å². The van der Waals surface area contributed by atoms with E-state index in [0.29, 0.717) is 12.2 Å². The quantitative estimate of drug-likeness (QED) is 0.689. The average molecular weight is 268 g/mol. The standard InChI is InChI=1S/C16H28O3/c1-6-9-16(10-8-14(18)11(16)3)12(4)15(7-2)19-13(5)17/h11-12,15H,6-10H2,1-5H3/t11?,12-,15+,16+/m0/s1. The molecule has 0 aromatic carbocycles. The van der Waals surface area contributed by atoms with Crippen molar-refractivity contribution >= 4 is 11.8 Å². The highest BCUT2D eigenvalue weighted by Gasteiger charge is 2.50. The van der Waals surface area contributed by atoms with Gasteiger partial charge in [-0.1, -0.05) is 34.1 Å². The molecule has 0 aromatic heterocycles. The van der Waals surface area contributed by atoms with Crippen LogP contribution in [0.1, 0.15) is 66.7 Å². The monoisotopic (exact) mass is 268 g/mol. The summed E-state index contributed by atoms with van der Waals surface area (Å²) in [4.78, 5) is 23.2. The van der Waals surface area contributed by atoms with Crippen molar-refractivity contribution in [2.75, 3.05) is 0 Å². The third-order valence-corrected chi connectivity index (χ3v) is 5.08. The van der Waals surface area contributed by atoms with Crippen LogP contribution in [0, 0.1) is 17.3 Å². The number of ether oxygens (including phenoxy) is 1. The molecule has 1 unspecified atom stereocenters. The second-order valence-corrected chi connectivity index (χ2v) is 6.02. The highest BCUT2D eigenvalue weighted by Crippen LogP contribution is 2.52. The molecule has 0 radical (unpaired) electrons. The van der Waals surface area contributed by atoms with E-state index in [1.165, 1.54) is 6.92 Å². The summed E-state index contributed by atoms with van der Waals surface area (Å²) in [7, 11) is 0. The van der Waals surface area contributed by atoms with Gasteiger partial charge in [-0.25, -0.2) is 0 Å². The van der Waals surface area contributed by atoms with E-state index in [2.05, 4.69) is 20.8 Å². The molecule has 3 nitrogen and oxygen atoms in total. The van der Waals surface area contributed by atoms with Gasteiger partial charge in [-0.2, -0.15) is 0 Å². The molecule has 19 heavy (non-hydrogen) atoms. The van der Waals surface area contributed by atoms with Gasteiger partial charge in [-0.15, -0.1) is 0 Å². The molecular formula is C16H28O3. The summed E-state index contributed by atoms with van der Waals surface area (Å²) in [5.41, 5.74) is 0.0158. The predicted molar refractivity (Wildman–Crippen MR) is 75.8 cm³/mol. The number of esters is 1. The second-order valence-electron chi connectivity index (χ2n) is 6.02. The molecule has 1 aliphatic rings. The summed E-state index contributed by atoms with van der Waals surface area (Å²) < 4.78 is 5.48. The molecule has 0 spiro atoms. The molecule has 1 saturated carbocycles. The van der Waals surface area contributed by atoms with Crippen LogP contribution in [-0.4, -0.2) is 17.9 Å². The van der Waals surface area contributed by atoms with Crippen LogP contribution in [0.25, 0.3) is 0 Å². The highest BCUT2D eigenvalue weighted by molar-refractivity contribution is 5.84. The van der Waals surface area contributed by atoms with Crippen LogP contribution in [-0.2, 0) is 14.3 Å². The van der Waals surface area contributed by atoms with Crippen LogP contribution in [0.2, 0.25) is 0 Å². The lowest BCUT2D eigenvalue weighted by atomic mass is 9.64. The summed E-state index contributed by atoms with van der Waals surface area (Å²) in [6, 6.07) is 0. The Hall–Kier alpha value is -0.860. The van der Waals surface area contributed by atoms with E-state index in [1.54, 1.807) is 0 Å². The van der Waals surface area contributed by atoms with Gasteiger partial charge in [0.1, 0.15) is 11.9 Å². The summed E-state index contributed by atoms with van der Waals surface area (Å²) in [5, 5.41) is 0. The van der Waals surface area contributed by atoms with Crippen LogP contribution in [0.5, 0.6) is 0 Å². The van der Waals surface area contributed by atoms with Crippen molar-refractivity contribution in [3.05, 3.63) is 0 Å². The van der Waals surface area contributed by atoms with Crippen molar-refractivity contribution in [1.29, 1.82) is 0 Å². The molecule has 4 atom stereocenters. The van der Waals surface area contributed by atoms with E-state index >= 15 is 0 Å². The molecule has 0 aromatic rings. The Morgan fingerprint density at radius 2 is 2.11 bits per heavy atom. The third-order valence-electron chi connectivity index (χ3n) is 5.08. The molecule has 1 aliphatic carbocycles. The first-order valence-corrected chi connectivity index (χ1v) is 7.59. The summed E-state index contributed by atoms with van der Waals surface area (Å²) in [6.07, 6.45) is 4.48. The Morgan fingerprint density at radius 3 is 2.47 bits per heavy atom. The lowest BCUT2D eigenvalue weighted by Crippen LogP contribution is -2.41. The smallest absolute Gasteiger partial charge is 0.302 e. The Kier molecular flexibility index (Phi) is 5.57. The van der Waals surface area contributed by atoms with Gasteiger partial charge < -0.3 is 4.74 Å². The Bertz CT molecular complexity index is 337. The number of rotatable bonds is 6. The zero-order chi connectivity index (χ0) is 14.6. The van der Waals surface area contributed by atoms with Gasteiger partial charge in [-0.3, -0.25) is 9.59 Å². The topological polar surface area (TPSA) is 43.4 Å². The fraction of sp³-hybridized carbons (Fsp3) is 0.875. The Balaban J connectivity index is 2.97. The maximum absolute atomic E-state index is 12.0. The van der Waals surface area contributed by atoms with E-state index in [0.717, 1.165) is 25.7 Å². The van der Waals surface area contributed by atoms with Gasteiger partial charge in [0.2, 0.25) is 0 Å². The van der Waals surface area contributed by atoms with Crippen molar-refractivity contribution in [2.45, 2.75) is 72.8 Å². The third kappa shape index (κ3) is 3.18. The predicted octanol–water partition coefficient (Wildman–Crippen LogP) is 3.75. The fourth-order valence-electron chi connectivity index (χ4n) is 3.89. The first-order chi connectivity index (χ1) is 8.89. The van der Waals surface area contributed by atoms with Gasteiger partial charge in [0, 0.05) is 19.3 Å². The van der Waals surface area contributed by atoms with E-state index in [4.69, 9.17) is 4.74 Å². The SMILES string of the molecule is CCC[C@@]1([C@@H](C)[C@@H](CC)OC(C)=O)CCC(=O)C1C. The lowest BCUT2D eigenvalue weighted by molar-refractivity contribution is -0.153. The maximum atomic E-state index is 12.0. The second kappa shape index (κ2) is 6.53. The molecule has 0 bridgehead atoms. The maximum Gasteiger partial charge on any atom is 0.302 e. The minimum Gasteiger partial charge on any atom is -0.462 e. The van der Waals surface area contributed by atoms with Crippen LogP contribution in [0.3, 0.4) is 0 Å². The lowest BCUT2D eigenvalue weighted by Gasteiger charge is -2.42. The van der Waals surface area contributed by atoms with E-state index in [-0.39, 0.29) is 29.3 Å². The number of hydrogen-bond donors (Lipinski definition) is 0. The number of carbonyl (C=O) groups is 2. The summed E-state index contributed by atoms with van der Waals surface area (Å²) >= 11 is 0. The van der Waals surface area contributed by atoms with E-state index in [9.17, 15) is 9.59 Å². The highest BCUT2D eigenvalue weighted by atomic mass is 16.5. The first-order valence-electron chi connectivity index (χ1n) is 7.59. The molecule has 0 amide bonds. The molecule has 0 heterocycles. The molecule has 1 rings (SSSR count). The number of hydrogen-bond acceptors (Lipinski definition) is 3. The Labute approximate surface area is 117 Å². The first kappa shape index (κ1) is 16.2. The minimum atomic E-state index is -0.220. The van der Waals surface area contributed by atoms with Gasteiger partial charge in [0.15, 0.2) is 0 Å². The minimum absolute atomic E-state index is 0.0158. The van der Waals surface area contributed by atoms with Crippen LogP contribution >= 0.6 is 0 Å². The molecular weight excluding hydrogens is 240 g/mol. The fourth-order valence-corrected chi connectivity index (χ4v) is 3.89.